The van der Waals surface area contributed by atoms with Gasteiger partial charge in [0.15, 0.2) is 16.8 Å². The van der Waals surface area contributed by atoms with Crippen LogP contribution in [-0.2, 0) is 0 Å². The number of fused-ring (bicyclic) bond motifs is 2. The molecule has 0 bridgehead atoms. The third kappa shape index (κ3) is 1.65. The van der Waals surface area contributed by atoms with Gasteiger partial charge in [0.1, 0.15) is 11.2 Å². The minimum absolute atomic E-state index is 0.0440. The lowest BCUT2D eigenvalue weighted by Crippen LogP contribution is -2.14. The van der Waals surface area contributed by atoms with Crippen LogP contribution in [0.4, 0.5) is 0 Å². The van der Waals surface area contributed by atoms with E-state index in [1.807, 2.05) is 39.0 Å². The average molecular weight is 253 g/mol. The summed E-state index contributed by atoms with van der Waals surface area (Å²) in [6.45, 7) is 7.56. The van der Waals surface area contributed by atoms with Crippen molar-refractivity contribution in [3.05, 3.63) is 50.7 Å². The molecule has 1 aliphatic carbocycles. The number of aryl methyl sites for hydroxylation is 1. The highest BCUT2D eigenvalue weighted by Crippen LogP contribution is 2.30. The fourth-order valence-electron chi connectivity index (χ4n) is 2.37. The van der Waals surface area contributed by atoms with Gasteiger partial charge in [-0.1, -0.05) is 6.07 Å². The fraction of sp³-hybridized carbons (Fsp3) is 0.250. The average Bonchev–Trinajstić information content (AvgIpc) is 2.41. The van der Waals surface area contributed by atoms with Crippen LogP contribution in [-0.4, -0.2) is 4.98 Å². The van der Waals surface area contributed by atoms with E-state index < -0.39 is 0 Å². The molecule has 2 aliphatic rings. The maximum atomic E-state index is 12.1. The predicted molar refractivity (Wildman–Crippen MR) is 75.8 cm³/mol. The van der Waals surface area contributed by atoms with Gasteiger partial charge in [-0.3, -0.25) is 4.79 Å². The summed E-state index contributed by atoms with van der Waals surface area (Å²) in [5.74, 6) is 0.603. The topological polar surface area (TPSA) is 43.1 Å². The molecule has 0 atom stereocenters. The van der Waals surface area contributed by atoms with E-state index in [-0.39, 0.29) is 5.43 Å². The van der Waals surface area contributed by atoms with Crippen molar-refractivity contribution in [2.45, 2.75) is 27.7 Å². The van der Waals surface area contributed by atoms with Crippen LogP contribution >= 0.6 is 0 Å². The lowest BCUT2D eigenvalue weighted by atomic mass is 9.99. The van der Waals surface area contributed by atoms with E-state index in [4.69, 9.17) is 4.42 Å². The first-order valence-electron chi connectivity index (χ1n) is 6.30. The van der Waals surface area contributed by atoms with E-state index in [1.54, 1.807) is 6.92 Å². The van der Waals surface area contributed by atoms with Gasteiger partial charge < -0.3 is 4.42 Å². The summed E-state index contributed by atoms with van der Waals surface area (Å²) in [5, 5.41) is 0. The number of nitrogens with zero attached hydrogens (tertiary/aromatic N) is 1. The Morgan fingerprint density at radius 3 is 2.47 bits per heavy atom. The minimum Gasteiger partial charge on any atom is -0.452 e. The van der Waals surface area contributed by atoms with Gasteiger partial charge in [0.05, 0.1) is 0 Å². The monoisotopic (exact) mass is 253 g/mol. The normalized spacial score (nSPS) is 11.4. The van der Waals surface area contributed by atoms with E-state index in [9.17, 15) is 4.79 Å². The Balaban J connectivity index is 2.55. The van der Waals surface area contributed by atoms with Crippen molar-refractivity contribution < 1.29 is 4.42 Å². The molecule has 1 aromatic carbocycles. The van der Waals surface area contributed by atoms with E-state index >= 15 is 0 Å². The van der Waals surface area contributed by atoms with Crippen LogP contribution in [0.5, 0.6) is 0 Å². The van der Waals surface area contributed by atoms with Crippen molar-refractivity contribution in [2.75, 3.05) is 0 Å². The SMILES string of the molecule is Cc1ccc2nc3c(C)c(C)c(=O)c(C)c-3oc2c1. The molecule has 0 unspecified atom stereocenters. The summed E-state index contributed by atoms with van der Waals surface area (Å²) in [6, 6.07) is 5.90. The van der Waals surface area contributed by atoms with Crippen LogP contribution in [0.2, 0.25) is 0 Å². The molecular weight excluding hydrogens is 238 g/mol. The highest BCUT2D eigenvalue weighted by atomic mass is 16.3. The zero-order chi connectivity index (χ0) is 13.7. The lowest BCUT2D eigenvalue weighted by Gasteiger charge is -2.13. The van der Waals surface area contributed by atoms with Gasteiger partial charge in [-0.2, -0.15) is 0 Å². The van der Waals surface area contributed by atoms with Crippen molar-refractivity contribution in [3.8, 4) is 11.5 Å². The van der Waals surface area contributed by atoms with Gasteiger partial charge in [-0.25, -0.2) is 4.98 Å². The van der Waals surface area contributed by atoms with Gasteiger partial charge in [0, 0.05) is 11.1 Å². The molecule has 0 N–H and O–H groups in total. The Kier molecular flexibility index (Phi) is 2.45. The maximum absolute atomic E-state index is 12.1. The van der Waals surface area contributed by atoms with Crippen LogP contribution in [0.3, 0.4) is 0 Å². The Morgan fingerprint density at radius 2 is 1.74 bits per heavy atom. The molecular formula is C16H15NO2. The number of aromatic nitrogens is 1. The largest absolute Gasteiger partial charge is 0.452 e. The van der Waals surface area contributed by atoms with Gasteiger partial charge >= 0.3 is 0 Å². The molecule has 3 nitrogen and oxygen atoms in total. The number of hydrogen-bond acceptors (Lipinski definition) is 3. The summed E-state index contributed by atoms with van der Waals surface area (Å²) in [6.07, 6.45) is 0. The highest BCUT2D eigenvalue weighted by Gasteiger charge is 2.19. The van der Waals surface area contributed by atoms with Crippen molar-refractivity contribution >= 4 is 11.1 Å². The van der Waals surface area contributed by atoms with E-state index in [0.29, 0.717) is 11.3 Å². The molecule has 19 heavy (non-hydrogen) atoms. The zero-order valence-corrected chi connectivity index (χ0v) is 11.5. The Morgan fingerprint density at radius 1 is 1.00 bits per heavy atom. The molecule has 96 valence electrons. The molecule has 0 fully saturated rings. The summed E-state index contributed by atoms with van der Waals surface area (Å²) in [5.41, 5.74) is 5.76. The molecule has 1 heterocycles. The summed E-state index contributed by atoms with van der Waals surface area (Å²) in [4.78, 5) is 16.8. The van der Waals surface area contributed by atoms with Crippen molar-refractivity contribution in [1.29, 1.82) is 0 Å². The maximum Gasteiger partial charge on any atom is 0.188 e. The number of rotatable bonds is 0. The molecule has 0 amide bonds. The van der Waals surface area contributed by atoms with Gasteiger partial charge in [0.25, 0.3) is 0 Å². The van der Waals surface area contributed by atoms with Crippen molar-refractivity contribution in [1.82, 2.24) is 4.98 Å². The number of benzene rings is 2. The fourth-order valence-corrected chi connectivity index (χ4v) is 2.37. The Hall–Kier alpha value is -2.16. The Labute approximate surface area is 111 Å². The zero-order valence-electron chi connectivity index (χ0n) is 11.5. The second-order valence-electron chi connectivity index (χ2n) is 5.07. The molecule has 0 saturated heterocycles. The first-order chi connectivity index (χ1) is 8.99. The molecule has 3 rings (SSSR count). The summed E-state index contributed by atoms with van der Waals surface area (Å²) in [7, 11) is 0. The predicted octanol–water partition coefficient (Wildman–Crippen LogP) is 3.53. The molecule has 0 spiro atoms. The third-order valence-electron chi connectivity index (χ3n) is 3.71. The van der Waals surface area contributed by atoms with Crippen LogP contribution in [0.15, 0.2) is 27.4 Å². The third-order valence-corrected chi connectivity index (χ3v) is 3.71. The molecule has 3 heteroatoms. The van der Waals surface area contributed by atoms with E-state index in [2.05, 4.69) is 4.98 Å². The smallest absolute Gasteiger partial charge is 0.188 e. The minimum atomic E-state index is 0.0440. The van der Waals surface area contributed by atoms with E-state index in [0.717, 1.165) is 33.5 Å². The van der Waals surface area contributed by atoms with E-state index in [1.165, 1.54) is 0 Å². The number of hydrogen-bond donors (Lipinski definition) is 0. The summed E-state index contributed by atoms with van der Waals surface area (Å²) >= 11 is 0. The second-order valence-corrected chi connectivity index (χ2v) is 5.07. The summed E-state index contributed by atoms with van der Waals surface area (Å²) < 4.78 is 5.91. The van der Waals surface area contributed by atoms with Gasteiger partial charge in [0.2, 0.25) is 0 Å². The van der Waals surface area contributed by atoms with Crippen LogP contribution in [0, 0.1) is 27.7 Å². The first-order valence-corrected chi connectivity index (χ1v) is 6.30. The van der Waals surface area contributed by atoms with Gasteiger partial charge in [-0.15, -0.1) is 0 Å². The Bertz CT molecular complexity index is 830. The van der Waals surface area contributed by atoms with Gasteiger partial charge in [-0.05, 0) is 51.0 Å². The van der Waals surface area contributed by atoms with Crippen LogP contribution in [0.25, 0.3) is 22.6 Å². The molecule has 1 aromatic rings. The standard InChI is InChI=1S/C16H15NO2/c1-8-5-6-12-13(7-8)19-16-11(4)15(18)10(3)9(2)14(16)17-12/h5-7H,1-4H3. The van der Waals surface area contributed by atoms with Crippen LogP contribution < -0.4 is 5.43 Å². The van der Waals surface area contributed by atoms with Crippen molar-refractivity contribution in [3.63, 3.8) is 0 Å². The van der Waals surface area contributed by atoms with Crippen LogP contribution in [0.1, 0.15) is 22.3 Å². The molecule has 0 radical (unpaired) electrons. The molecule has 1 aliphatic heterocycles. The molecule has 0 aromatic heterocycles. The molecule has 0 saturated carbocycles. The quantitative estimate of drug-likeness (QED) is 0.576. The highest BCUT2D eigenvalue weighted by molar-refractivity contribution is 5.79. The van der Waals surface area contributed by atoms with Crippen molar-refractivity contribution in [2.24, 2.45) is 0 Å². The second kappa shape index (κ2) is 3.92. The lowest BCUT2D eigenvalue weighted by molar-refractivity contribution is 0.606. The first kappa shape index (κ1) is 11.9.